The number of imide groups is 1. The lowest BCUT2D eigenvalue weighted by molar-refractivity contribution is -0.171. The molecular formula is C17H24N4O5. The Morgan fingerprint density at radius 3 is 2.23 bits per heavy atom. The van der Waals surface area contributed by atoms with Crippen LogP contribution in [-0.2, 0) is 14.4 Å². The first-order chi connectivity index (χ1) is 12.3. The second-order valence-corrected chi connectivity index (χ2v) is 5.51. The van der Waals surface area contributed by atoms with E-state index in [0.29, 0.717) is 23.7 Å². The van der Waals surface area contributed by atoms with Crippen LogP contribution in [0.2, 0.25) is 0 Å². The summed E-state index contributed by atoms with van der Waals surface area (Å²) < 4.78 is 0. The van der Waals surface area contributed by atoms with Gasteiger partial charge >= 0.3 is 6.09 Å². The number of carbonyl (C=O) groups is 4. The zero-order valence-corrected chi connectivity index (χ0v) is 14.9. The third kappa shape index (κ3) is 7.31. The lowest BCUT2D eigenvalue weighted by atomic mass is 10.2. The standard InChI is InChI=1S/C10H17N3O4.C7H7NO/c1-3-12(2)7-6-11-10(16)17-13-8(14)4-5-9(13)15;8-7(9)6-4-2-1-3-5-6/h3-7H2,1-2H3,(H,11,16);1-5H,(H2,8,9). The highest BCUT2D eigenvalue weighted by molar-refractivity contribution is 6.01. The van der Waals surface area contributed by atoms with Gasteiger partial charge < -0.3 is 20.8 Å². The van der Waals surface area contributed by atoms with Crippen LogP contribution in [0.25, 0.3) is 0 Å². The fourth-order valence-electron chi connectivity index (χ4n) is 1.88. The summed E-state index contributed by atoms with van der Waals surface area (Å²) in [5, 5.41) is 2.99. The number of nitrogens with one attached hydrogen (secondary N) is 1. The molecule has 2 rings (SSSR count). The summed E-state index contributed by atoms with van der Waals surface area (Å²) in [5.41, 5.74) is 5.53. The van der Waals surface area contributed by atoms with E-state index in [1.54, 1.807) is 24.3 Å². The van der Waals surface area contributed by atoms with Crippen molar-refractivity contribution < 1.29 is 24.0 Å². The Labute approximate surface area is 152 Å². The van der Waals surface area contributed by atoms with Crippen molar-refractivity contribution >= 4 is 23.8 Å². The van der Waals surface area contributed by atoms with Crippen molar-refractivity contribution in [2.75, 3.05) is 26.7 Å². The average molecular weight is 364 g/mol. The number of rotatable bonds is 6. The second-order valence-electron chi connectivity index (χ2n) is 5.51. The first kappa shape index (κ1) is 21.1. The Hall–Kier alpha value is -2.94. The summed E-state index contributed by atoms with van der Waals surface area (Å²) in [6, 6.07) is 8.76. The number of nitrogens with zero attached hydrogens (tertiary/aromatic N) is 2. The number of carbonyl (C=O) groups excluding carboxylic acids is 4. The SMILES string of the molecule is CCN(C)CCNC(=O)ON1C(=O)CCC1=O.NC(=O)c1ccccc1. The molecule has 0 atom stereocenters. The van der Waals surface area contributed by atoms with Crippen LogP contribution >= 0.6 is 0 Å². The zero-order chi connectivity index (χ0) is 19.5. The van der Waals surface area contributed by atoms with Gasteiger partial charge in [-0.05, 0) is 25.7 Å². The Balaban J connectivity index is 0.000000314. The van der Waals surface area contributed by atoms with Gasteiger partial charge in [0.2, 0.25) is 5.91 Å². The Morgan fingerprint density at radius 1 is 1.19 bits per heavy atom. The maximum Gasteiger partial charge on any atom is 0.432 e. The molecule has 0 radical (unpaired) electrons. The van der Waals surface area contributed by atoms with Crippen molar-refractivity contribution in [3.63, 3.8) is 0 Å². The van der Waals surface area contributed by atoms with E-state index in [1.165, 1.54) is 0 Å². The fraction of sp³-hybridized carbons (Fsp3) is 0.412. The summed E-state index contributed by atoms with van der Waals surface area (Å²) in [4.78, 5) is 50.6. The summed E-state index contributed by atoms with van der Waals surface area (Å²) in [6.07, 6.45) is -0.576. The normalized spacial score (nSPS) is 13.3. The second kappa shape index (κ2) is 10.8. The molecule has 4 amide bonds. The molecule has 1 saturated heterocycles. The first-order valence-electron chi connectivity index (χ1n) is 8.20. The molecule has 142 valence electrons. The summed E-state index contributed by atoms with van der Waals surface area (Å²) in [7, 11) is 1.92. The maximum absolute atomic E-state index is 11.3. The fourth-order valence-corrected chi connectivity index (χ4v) is 1.88. The summed E-state index contributed by atoms with van der Waals surface area (Å²) in [5.74, 6) is -1.33. The van der Waals surface area contributed by atoms with Crippen LogP contribution < -0.4 is 11.1 Å². The number of benzene rings is 1. The highest BCUT2D eigenvalue weighted by atomic mass is 16.7. The molecule has 0 spiro atoms. The molecule has 1 aliphatic heterocycles. The number of amides is 4. The van der Waals surface area contributed by atoms with Crippen molar-refractivity contribution in [3.8, 4) is 0 Å². The third-order valence-corrected chi connectivity index (χ3v) is 3.54. The molecule has 0 bridgehead atoms. The van der Waals surface area contributed by atoms with E-state index in [1.807, 2.05) is 24.9 Å². The molecule has 26 heavy (non-hydrogen) atoms. The van der Waals surface area contributed by atoms with Gasteiger partial charge in [0.25, 0.3) is 11.8 Å². The van der Waals surface area contributed by atoms with Crippen LogP contribution in [0.3, 0.4) is 0 Å². The van der Waals surface area contributed by atoms with E-state index in [-0.39, 0.29) is 18.7 Å². The molecule has 3 N–H and O–H groups in total. The molecule has 1 aliphatic rings. The van der Waals surface area contributed by atoms with Crippen molar-refractivity contribution in [2.24, 2.45) is 5.73 Å². The van der Waals surface area contributed by atoms with Crippen LogP contribution in [-0.4, -0.2) is 60.5 Å². The van der Waals surface area contributed by atoms with Gasteiger partial charge in [0.05, 0.1) is 0 Å². The van der Waals surface area contributed by atoms with Crippen molar-refractivity contribution in [2.45, 2.75) is 19.8 Å². The van der Waals surface area contributed by atoms with Gasteiger partial charge in [-0.3, -0.25) is 14.4 Å². The van der Waals surface area contributed by atoms with E-state index in [0.717, 1.165) is 6.54 Å². The van der Waals surface area contributed by atoms with E-state index in [2.05, 4.69) is 10.2 Å². The monoisotopic (exact) mass is 364 g/mol. The molecule has 0 aliphatic carbocycles. The van der Waals surface area contributed by atoms with Crippen LogP contribution in [0.5, 0.6) is 0 Å². The molecule has 0 unspecified atom stereocenters. The molecule has 9 nitrogen and oxygen atoms in total. The molecule has 9 heteroatoms. The van der Waals surface area contributed by atoms with Gasteiger partial charge in [-0.2, -0.15) is 0 Å². The number of nitrogens with two attached hydrogens (primary N) is 1. The Kier molecular flexibility index (Phi) is 8.79. The summed E-state index contributed by atoms with van der Waals surface area (Å²) in [6.45, 7) is 3.95. The van der Waals surface area contributed by atoms with Crippen LogP contribution in [0, 0.1) is 0 Å². The van der Waals surface area contributed by atoms with Crippen molar-refractivity contribution in [1.82, 2.24) is 15.3 Å². The minimum Gasteiger partial charge on any atom is -0.366 e. The number of hydrogen-bond donors (Lipinski definition) is 2. The van der Waals surface area contributed by atoms with E-state index in [4.69, 9.17) is 5.73 Å². The predicted molar refractivity (Wildman–Crippen MR) is 93.7 cm³/mol. The highest BCUT2D eigenvalue weighted by Crippen LogP contribution is 2.11. The number of hydrogen-bond acceptors (Lipinski definition) is 6. The average Bonchev–Trinajstić information content (AvgIpc) is 2.94. The number of primary amides is 1. The minimum atomic E-state index is -0.780. The van der Waals surface area contributed by atoms with Crippen molar-refractivity contribution in [1.29, 1.82) is 0 Å². The lowest BCUT2D eigenvalue weighted by Gasteiger charge is -2.15. The minimum absolute atomic E-state index is 0.102. The summed E-state index contributed by atoms with van der Waals surface area (Å²) >= 11 is 0. The highest BCUT2D eigenvalue weighted by Gasteiger charge is 2.32. The van der Waals surface area contributed by atoms with Crippen LogP contribution in [0.1, 0.15) is 30.1 Å². The van der Waals surface area contributed by atoms with Gasteiger partial charge in [0.1, 0.15) is 0 Å². The topological polar surface area (TPSA) is 122 Å². The van der Waals surface area contributed by atoms with E-state index >= 15 is 0 Å². The Bertz CT molecular complexity index is 619. The molecule has 0 aromatic heterocycles. The smallest absolute Gasteiger partial charge is 0.366 e. The van der Waals surface area contributed by atoms with Gasteiger partial charge in [0, 0.05) is 31.5 Å². The van der Waals surface area contributed by atoms with E-state index < -0.39 is 17.9 Å². The molecule has 1 aromatic carbocycles. The predicted octanol–water partition coefficient (Wildman–Crippen LogP) is 0.514. The Morgan fingerprint density at radius 2 is 1.77 bits per heavy atom. The molecular weight excluding hydrogens is 340 g/mol. The van der Waals surface area contributed by atoms with Crippen LogP contribution in [0.4, 0.5) is 4.79 Å². The third-order valence-electron chi connectivity index (χ3n) is 3.54. The largest absolute Gasteiger partial charge is 0.432 e. The van der Waals surface area contributed by atoms with Gasteiger partial charge in [-0.1, -0.05) is 25.1 Å². The van der Waals surface area contributed by atoms with Gasteiger partial charge in [0.15, 0.2) is 0 Å². The van der Waals surface area contributed by atoms with E-state index in [9.17, 15) is 19.2 Å². The number of likely N-dealkylation sites (N-methyl/N-ethyl adjacent to an activating group) is 1. The maximum atomic E-state index is 11.3. The lowest BCUT2D eigenvalue weighted by Crippen LogP contribution is -2.39. The first-order valence-corrected chi connectivity index (χ1v) is 8.20. The number of hydroxylamine groups is 2. The van der Waals surface area contributed by atoms with Crippen LogP contribution in [0.15, 0.2) is 30.3 Å². The molecule has 1 heterocycles. The molecule has 1 aromatic rings. The quantitative estimate of drug-likeness (QED) is 0.710. The van der Waals surface area contributed by atoms with Crippen molar-refractivity contribution in [3.05, 3.63) is 35.9 Å². The molecule has 0 saturated carbocycles. The van der Waals surface area contributed by atoms with Gasteiger partial charge in [-0.15, -0.1) is 5.06 Å². The van der Waals surface area contributed by atoms with Gasteiger partial charge in [-0.25, -0.2) is 4.79 Å². The zero-order valence-electron chi connectivity index (χ0n) is 14.9. The molecule has 1 fully saturated rings.